The summed E-state index contributed by atoms with van der Waals surface area (Å²) >= 11 is 0. The molecule has 0 radical (unpaired) electrons. The SMILES string of the molecule is C[S@](=O)/C=C\C#C/C=C1/C=C[C@@]2(CCCO2)O1. The molecule has 0 aromatic rings. The average molecular weight is 250 g/mol. The van der Waals surface area contributed by atoms with Gasteiger partial charge in [-0.2, -0.15) is 0 Å². The van der Waals surface area contributed by atoms with E-state index in [1.165, 1.54) is 0 Å². The van der Waals surface area contributed by atoms with Crippen molar-refractivity contribution in [3.05, 3.63) is 35.5 Å². The molecular formula is C13H14O3S. The minimum Gasteiger partial charge on any atom is -0.458 e. The summed E-state index contributed by atoms with van der Waals surface area (Å²) in [6.45, 7) is 0.744. The molecule has 0 unspecified atom stereocenters. The van der Waals surface area contributed by atoms with E-state index in [0.29, 0.717) is 5.76 Å². The van der Waals surface area contributed by atoms with E-state index in [2.05, 4.69) is 11.8 Å². The summed E-state index contributed by atoms with van der Waals surface area (Å²) in [6.07, 6.45) is 10.6. The van der Waals surface area contributed by atoms with E-state index in [1.54, 1.807) is 23.8 Å². The van der Waals surface area contributed by atoms with Crippen molar-refractivity contribution in [2.75, 3.05) is 12.9 Å². The predicted molar refractivity (Wildman–Crippen MR) is 67.2 cm³/mol. The van der Waals surface area contributed by atoms with Crippen LogP contribution < -0.4 is 0 Å². The van der Waals surface area contributed by atoms with Crippen LogP contribution in [0.5, 0.6) is 0 Å². The maximum Gasteiger partial charge on any atom is 0.230 e. The number of ether oxygens (including phenoxy) is 2. The van der Waals surface area contributed by atoms with Crippen LogP contribution in [0.2, 0.25) is 0 Å². The molecule has 1 saturated heterocycles. The molecule has 0 aromatic carbocycles. The monoisotopic (exact) mass is 250 g/mol. The highest BCUT2D eigenvalue weighted by atomic mass is 32.2. The molecule has 1 fully saturated rings. The maximum absolute atomic E-state index is 10.7. The molecule has 2 aliphatic heterocycles. The van der Waals surface area contributed by atoms with Gasteiger partial charge in [0.25, 0.3) is 0 Å². The Morgan fingerprint density at radius 3 is 3.12 bits per heavy atom. The fourth-order valence-electron chi connectivity index (χ4n) is 1.69. The van der Waals surface area contributed by atoms with Crippen LogP contribution in [0.15, 0.2) is 35.5 Å². The van der Waals surface area contributed by atoms with Gasteiger partial charge in [-0.3, -0.25) is 4.21 Å². The second-order valence-corrected chi connectivity index (χ2v) is 5.11. The highest BCUT2D eigenvalue weighted by Crippen LogP contribution is 2.35. The molecular weight excluding hydrogens is 236 g/mol. The second kappa shape index (κ2) is 5.35. The fraction of sp³-hybridized carbons (Fsp3) is 0.385. The second-order valence-electron chi connectivity index (χ2n) is 3.84. The van der Waals surface area contributed by atoms with Gasteiger partial charge < -0.3 is 9.47 Å². The van der Waals surface area contributed by atoms with Crippen LogP contribution in [0.3, 0.4) is 0 Å². The molecule has 0 aliphatic carbocycles. The highest BCUT2D eigenvalue weighted by Gasteiger charge is 2.38. The van der Waals surface area contributed by atoms with Crippen molar-refractivity contribution in [2.24, 2.45) is 0 Å². The van der Waals surface area contributed by atoms with Gasteiger partial charge in [-0.25, -0.2) is 0 Å². The molecule has 2 atom stereocenters. The predicted octanol–water partition coefficient (Wildman–Crippen LogP) is 1.86. The molecule has 2 heterocycles. The lowest BCUT2D eigenvalue weighted by Crippen LogP contribution is -2.24. The zero-order valence-corrected chi connectivity index (χ0v) is 10.5. The average Bonchev–Trinajstić information content (AvgIpc) is 2.89. The Bertz CT molecular complexity index is 457. The van der Waals surface area contributed by atoms with E-state index in [9.17, 15) is 4.21 Å². The lowest BCUT2D eigenvalue weighted by atomic mass is 10.2. The molecule has 2 aliphatic rings. The van der Waals surface area contributed by atoms with Crippen LogP contribution in [0.4, 0.5) is 0 Å². The van der Waals surface area contributed by atoms with Crippen molar-refractivity contribution in [3.8, 4) is 11.8 Å². The van der Waals surface area contributed by atoms with Crippen molar-refractivity contribution in [2.45, 2.75) is 18.6 Å². The molecule has 17 heavy (non-hydrogen) atoms. The van der Waals surface area contributed by atoms with Gasteiger partial charge in [-0.1, -0.05) is 11.8 Å². The van der Waals surface area contributed by atoms with Gasteiger partial charge in [0, 0.05) is 35.0 Å². The third kappa shape index (κ3) is 3.32. The lowest BCUT2D eigenvalue weighted by molar-refractivity contribution is -0.135. The topological polar surface area (TPSA) is 35.5 Å². The van der Waals surface area contributed by atoms with Crippen LogP contribution in [0.25, 0.3) is 0 Å². The van der Waals surface area contributed by atoms with Gasteiger partial charge in [-0.15, -0.1) is 0 Å². The number of rotatable bonds is 1. The number of hydrogen-bond acceptors (Lipinski definition) is 3. The van der Waals surface area contributed by atoms with E-state index in [1.807, 2.05) is 12.2 Å². The van der Waals surface area contributed by atoms with Gasteiger partial charge in [-0.05, 0) is 24.6 Å². The normalized spacial score (nSPS) is 30.8. The quantitative estimate of drug-likeness (QED) is 0.666. The Hall–Kier alpha value is -1.31. The van der Waals surface area contributed by atoms with Crippen molar-refractivity contribution in [1.29, 1.82) is 0 Å². The third-order valence-electron chi connectivity index (χ3n) is 2.45. The zero-order chi connectivity index (χ0) is 12.1. The summed E-state index contributed by atoms with van der Waals surface area (Å²) in [5, 5.41) is 1.54. The molecule has 1 spiro atoms. The first-order valence-electron chi connectivity index (χ1n) is 5.43. The number of hydrogen-bond donors (Lipinski definition) is 0. The zero-order valence-electron chi connectivity index (χ0n) is 9.64. The summed E-state index contributed by atoms with van der Waals surface area (Å²) in [5.41, 5.74) is 0. The number of allylic oxidation sites excluding steroid dienone is 3. The van der Waals surface area contributed by atoms with Crippen molar-refractivity contribution < 1.29 is 13.7 Å². The molecule has 2 rings (SSSR count). The Morgan fingerprint density at radius 1 is 1.53 bits per heavy atom. The van der Waals surface area contributed by atoms with Crippen LogP contribution in [0, 0.1) is 11.8 Å². The smallest absolute Gasteiger partial charge is 0.230 e. The van der Waals surface area contributed by atoms with Crippen LogP contribution in [-0.4, -0.2) is 22.9 Å². The summed E-state index contributed by atoms with van der Waals surface area (Å²) in [6, 6.07) is 0. The maximum atomic E-state index is 10.7. The molecule has 3 nitrogen and oxygen atoms in total. The Kier molecular flexibility index (Phi) is 3.82. The van der Waals surface area contributed by atoms with Crippen molar-refractivity contribution in [1.82, 2.24) is 0 Å². The summed E-state index contributed by atoms with van der Waals surface area (Å²) in [7, 11) is -0.947. The van der Waals surface area contributed by atoms with Gasteiger partial charge in [0.2, 0.25) is 5.79 Å². The van der Waals surface area contributed by atoms with E-state index in [-0.39, 0.29) is 0 Å². The molecule has 4 heteroatoms. The summed E-state index contributed by atoms with van der Waals surface area (Å²) < 4.78 is 21.9. The highest BCUT2D eigenvalue weighted by molar-refractivity contribution is 7.87. The first-order valence-corrected chi connectivity index (χ1v) is 7.05. The third-order valence-corrected chi connectivity index (χ3v) is 2.97. The van der Waals surface area contributed by atoms with Gasteiger partial charge >= 0.3 is 0 Å². The Morgan fingerprint density at radius 2 is 2.41 bits per heavy atom. The standard InChI is InChI=1S/C13H14O3S/c1-17(14)11-4-2-3-6-12-7-9-13(16-12)8-5-10-15-13/h4,6-7,9,11H,5,8,10H2,1H3/b11-4-,12-6-/t13-,17+/m1/s1. The van der Waals surface area contributed by atoms with Crippen LogP contribution in [0.1, 0.15) is 12.8 Å². The molecule has 0 amide bonds. The summed E-state index contributed by atoms with van der Waals surface area (Å²) in [4.78, 5) is 0. The lowest BCUT2D eigenvalue weighted by Gasteiger charge is -2.20. The Labute approximate surface area is 104 Å². The largest absolute Gasteiger partial charge is 0.458 e. The van der Waals surface area contributed by atoms with E-state index < -0.39 is 16.6 Å². The summed E-state index contributed by atoms with van der Waals surface area (Å²) in [5.74, 6) is 5.77. The van der Waals surface area contributed by atoms with Crippen molar-refractivity contribution in [3.63, 3.8) is 0 Å². The minimum atomic E-state index is -0.947. The molecule has 0 N–H and O–H groups in total. The van der Waals surface area contributed by atoms with E-state index >= 15 is 0 Å². The Balaban J connectivity index is 1.93. The van der Waals surface area contributed by atoms with Gasteiger partial charge in [0.15, 0.2) is 0 Å². The first-order chi connectivity index (χ1) is 8.20. The van der Waals surface area contributed by atoms with E-state index in [0.717, 1.165) is 19.4 Å². The van der Waals surface area contributed by atoms with Gasteiger partial charge in [0.1, 0.15) is 5.76 Å². The minimum absolute atomic E-state index is 0.533. The van der Waals surface area contributed by atoms with Gasteiger partial charge in [0.05, 0.1) is 6.61 Å². The first kappa shape index (κ1) is 12.2. The fourth-order valence-corrected chi connectivity index (χ4v) is 1.95. The van der Waals surface area contributed by atoms with E-state index in [4.69, 9.17) is 9.47 Å². The van der Waals surface area contributed by atoms with Crippen LogP contribution in [-0.2, 0) is 20.3 Å². The van der Waals surface area contributed by atoms with Crippen molar-refractivity contribution >= 4 is 10.8 Å². The molecule has 0 aromatic heterocycles. The molecule has 90 valence electrons. The molecule has 0 bridgehead atoms. The molecule has 0 saturated carbocycles. The van der Waals surface area contributed by atoms with Crippen LogP contribution >= 0.6 is 0 Å².